The van der Waals surface area contributed by atoms with Crippen molar-refractivity contribution in [2.45, 2.75) is 51.6 Å². The van der Waals surface area contributed by atoms with Gasteiger partial charge >= 0.3 is 0 Å². The highest BCUT2D eigenvalue weighted by Crippen LogP contribution is 2.26. The molecule has 2 rings (SSSR count). The van der Waals surface area contributed by atoms with Gasteiger partial charge in [0.25, 0.3) is 0 Å². The minimum absolute atomic E-state index is 0.0674. The molecule has 1 aromatic heterocycles. The molecule has 5 nitrogen and oxygen atoms in total. The van der Waals surface area contributed by atoms with Crippen LogP contribution in [0.4, 0.5) is 5.82 Å². The van der Waals surface area contributed by atoms with Crippen LogP contribution in [-0.4, -0.2) is 23.0 Å². The van der Waals surface area contributed by atoms with Gasteiger partial charge in [-0.25, -0.2) is 4.98 Å². The van der Waals surface area contributed by atoms with E-state index in [1.165, 1.54) is 0 Å². The average molecular weight is 286 g/mol. The van der Waals surface area contributed by atoms with Gasteiger partial charge in [0.1, 0.15) is 17.6 Å². The Bertz CT molecular complexity index is 535. The van der Waals surface area contributed by atoms with Crippen LogP contribution < -0.4 is 10.6 Å². The number of pyridine rings is 1. The van der Waals surface area contributed by atoms with Crippen molar-refractivity contribution < 1.29 is 4.79 Å². The highest BCUT2D eigenvalue weighted by atomic mass is 16.1. The van der Waals surface area contributed by atoms with Crippen LogP contribution in [0.1, 0.15) is 45.2 Å². The summed E-state index contributed by atoms with van der Waals surface area (Å²) in [5.74, 6) is 0.928. The van der Waals surface area contributed by atoms with E-state index in [0.29, 0.717) is 11.5 Å². The fraction of sp³-hybridized carbons (Fsp3) is 0.562. The Morgan fingerprint density at radius 1 is 1.43 bits per heavy atom. The minimum atomic E-state index is 0.0674. The third-order valence-electron chi connectivity index (χ3n) is 3.69. The molecule has 1 saturated carbocycles. The lowest BCUT2D eigenvalue weighted by Crippen LogP contribution is -2.40. The number of nitrogens with one attached hydrogen (secondary N) is 2. The first-order valence-electron chi connectivity index (χ1n) is 7.52. The van der Waals surface area contributed by atoms with Crippen molar-refractivity contribution in [3.05, 3.63) is 23.9 Å². The standard InChI is InChI=1S/C16H22N4O/c1-11(2)18-16(21)12-5-3-6-13(9-12)19-15-8-4-7-14(10-17)20-15/h4,7-8,11-13H,3,5-6,9H2,1-2H3,(H,18,21)(H,19,20). The van der Waals surface area contributed by atoms with Gasteiger partial charge in [-0.3, -0.25) is 4.79 Å². The molecule has 1 heterocycles. The van der Waals surface area contributed by atoms with Crippen LogP contribution in [0.2, 0.25) is 0 Å². The number of anilines is 1. The molecule has 0 aromatic carbocycles. The summed E-state index contributed by atoms with van der Waals surface area (Å²) in [6.07, 6.45) is 3.83. The van der Waals surface area contributed by atoms with E-state index in [9.17, 15) is 4.79 Å². The Morgan fingerprint density at radius 3 is 2.95 bits per heavy atom. The van der Waals surface area contributed by atoms with Crippen LogP contribution in [0.25, 0.3) is 0 Å². The van der Waals surface area contributed by atoms with Crippen molar-refractivity contribution in [1.82, 2.24) is 10.3 Å². The quantitative estimate of drug-likeness (QED) is 0.891. The summed E-state index contributed by atoms with van der Waals surface area (Å²) in [6.45, 7) is 3.96. The van der Waals surface area contributed by atoms with Crippen molar-refractivity contribution in [2.75, 3.05) is 5.32 Å². The molecule has 1 amide bonds. The first kappa shape index (κ1) is 15.3. The van der Waals surface area contributed by atoms with E-state index >= 15 is 0 Å². The molecule has 1 fully saturated rings. The van der Waals surface area contributed by atoms with Crippen LogP contribution in [0.15, 0.2) is 18.2 Å². The molecule has 2 atom stereocenters. The predicted molar refractivity (Wildman–Crippen MR) is 81.6 cm³/mol. The fourth-order valence-corrected chi connectivity index (χ4v) is 2.75. The molecule has 1 aliphatic carbocycles. The Balaban J connectivity index is 1.95. The first-order valence-corrected chi connectivity index (χ1v) is 7.52. The van der Waals surface area contributed by atoms with Crippen molar-refractivity contribution in [2.24, 2.45) is 5.92 Å². The summed E-state index contributed by atoms with van der Waals surface area (Å²) < 4.78 is 0. The van der Waals surface area contributed by atoms with Gasteiger partial charge in [-0.05, 0) is 45.2 Å². The highest BCUT2D eigenvalue weighted by molar-refractivity contribution is 5.79. The molecule has 2 N–H and O–H groups in total. The molecule has 5 heteroatoms. The smallest absolute Gasteiger partial charge is 0.223 e. The van der Waals surface area contributed by atoms with E-state index in [1.807, 2.05) is 32.0 Å². The first-order chi connectivity index (χ1) is 10.1. The third kappa shape index (κ3) is 4.45. The molecule has 1 aromatic rings. The molecule has 2 unspecified atom stereocenters. The van der Waals surface area contributed by atoms with Gasteiger partial charge in [0.15, 0.2) is 0 Å². The number of carbonyl (C=O) groups excluding carboxylic acids is 1. The molecule has 0 spiro atoms. The van der Waals surface area contributed by atoms with Gasteiger partial charge in [-0.15, -0.1) is 0 Å². The second-order valence-electron chi connectivity index (χ2n) is 5.89. The molecular weight excluding hydrogens is 264 g/mol. The van der Waals surface area contributed by atoms with Crippen molar-refractivity contribution in [3.63, 3.8) is 0 Å². The normalized spacial score (nSPS) is 21.6. The molecule has 21 heavy (non-hydrogen) atoms. The average Bonchev–Trinajstić information content (AvgIpc) is 2.47. The molecule has 0 saturated heterocycles. The van der Waals surface area contributed by atoms with E-state index in [2.05, 4.69) is 15.6 Å². The van der Waals surface area contributed by atoms with Crippen molar-refractivity contribution in [3.8, 4) is 6.07 Å². The molecule has 0 aliphatic heterocycles. The largest absolute Gasteiger partial charge is 0.367 e. The van der Waals surface area contributed by atoms with Crippen LogP contribution in [0.3, 0.4) is 0 Å². The number of aromatic nitrogens is 1. The van der Waals surface area contributed by atoms with Gasteiger partial charge in [-0.1, -0.05) is 12.5 Å². The summed E-state index contributed by atoms with van der Waals surface area (Å²) in [7, 11) is 0. The second-order valence-corrected chi connectivity index (χ2v) is 5.89. The topological polar surface area (TPSA) is 77.8 Å². The molecule has 0 radical (unpaired) electrons. The maximum atomic E-state index is 12.1. The fourth-order valence-electron chi connectivity index (χ4n) is 2.75. The zero-order valence-electron chi connectivity index (χ0n) is 12.6. The third-order valence-corrected chi connectivity index (χ3v) is 3.69. The lowest BCUT2D eigenvalue weighted by atomic mass is 9.85. The summed E-state index contributed by atoms with van der Waals surface area (Å²) in [5, 5.41) is 15.2. The van der Waals surface area contributed by atoms with Crippen molar-refractivity contribution >= 4 is 11.7 Å². The number of carbonyl (C=O) groups is 1. The second kappa shape index (κ2) is 7.07. The van der Waals surface area contributed by atoms with Crippen LogP contribution in [0, 0.1) is 17.2 Å². The number of hydrogen-bond donors (Lipinski definition) is 2. The van der Waals surface area contributed by atoms with E-state index in [1.54, 1.807) is 6.07 Å². The number of amides is 1. The van der Waals surface area contributed by atoms with Gasteiger partial charge in [0.2, 0.25) is 5.91 Å². The van der Waals surface area contributed by atoms with Gasteiger partial charge in [0, 0.05) is 18.0 Å². The van der Waals surface area contributed by atoms with Gasteiger partial charge < -0.3 is 10.6 Å². The molecule has 0 bridgehead atoms. The monoisotopic (exact) mass is 286 g/mol. The van der Waals surface area contributed by atoms with Gasteiger partial charge in [-0.2, -0.15) is 5.26 Å². The number of rotatable bonds is 4. The number of nitrogens with zero attached hydrogens (tertiary/aromatic N) is 2. The highest BCUT2D eigenvalue weighted by Gasteiger charge is 2.27. The SMILES string of the molecule is CC(C)NC(=O)C1CCCC(Nc2cccc(C#N)n2)C1. The van der Waals surface area contributed by atoms with E-state index in [-0.39, 0.29) is 23.9 Å². The number of nitriles is 1. The summed E-state index contributed by atoms with van der Waals surface area (Å²) >= 11 is 0. The Hall–Kier alpha value is -2.09. The summed E-state index contributed by atoms with van der Waals surface area (Å²) in [6, 6.07) is 7.82. The minimum Gasteiger partial charge on any atom is -0.367 e. The maximum Gasteiger partial charge on any atom is 0.223 e. The Morgan fingerprint density at radius 2 is 2.24 bits per heavy atom. The van der Waals surface area contributed by atoms with Crippen LogP contribution in [-0.2, 0) is 4.79 Å². The lowest BCUT2D eigenvalue weighted by molar-refractivity contribution is -0.126. The van der Waals surface area contributed by atoms with E-state index in [4.69, 9.17) is 5.26 Å². The zero-order valence-corrected chi connectivity index (χ0v) is 12.6. The lowest BCUT2D eigenvalue weighted by Gasteiger charge is -2.29. The predicted octanol–water partition coefficient (Wildman–Crippen LogP) is 2.45. The van der Waals surface area contributed by atoms with E-state index in [0.717, 1.165) is 25.7 Å². The van der Waals surface area contributed by atoms with Crippen molar-refractivity contribution in [1.29, 1.82) is 5.26 Å². The summed E-state index contributed by atoms with van der Waals surface area (Å²) in [4.78, 5) is 16.3. The molecule has 112 valence electrons. The Labute approximate surface area is 125 Å². The van der Waals surface area contributed by atoms with Crippen LogP contribution >= 0.6 is 0 Å². The van der Waals surface area contributed by atoms with Gasteiger partial charge in [0.05, 0.1) is 0 Å². The van der Waals surface area contributed by atoms with E-state index < -0.39 is 0 Å². The zero-order chi connectivity index (χ0) is 15.2. The maximum absolute atomic E-state index is 12.1. The molecular formula is C16H22N4O. The Kier molecular flexibility index (Phi) is 5.15. The van der Waals surface area contributed by atoms with Crippen LogP contribution in [0.5, 0.6) is 0 Å². The number of hydrogen-bond acceptors (Lipinski definition) is 4. The molecule has 1 aliphatic rings. The summed E-state index contributed by atoms with van der Waals surface area (Å²) in [5.41, 5.74) is 0.407.